The summed E-state index contributed by atoms with van der Waals surface area (Å²) in [6.45, 7) is 3.47. The third-order valence-corrected chi connectivity index (χ3v) is 2.25. The first-order valence-electron chi connectivity index (χ1n) is 3.98. The van der Waals surface area contributed by atoms with Gasteiger partial charge < -0.3 is 0 Å². The second kappa shape index (κ2) is 2.99. The molecule has 3 nitrogen and oxygen atoms in total. The minimum absolute atomic E-state index is 0.149. The highest BCUT2D eigenvalue weighted by Crippen LogP contribution is 2.26. The van der Waals surface area contributed by atoms with E-state index in [-0.39, 0.29) is 16.8 Å². The van der Waals surface area contributed by atoms with E-state index in [1.807, 2.05) is 0 Å². The van der Waals surface area contributed by atoms with E-state index in [0.29, 0.717) is 11.1 Å². The van der Waals surface area contributed by atoms with Crippen molar-refractivity contribution >= 4 is 24.4 Å². The molecule has 0 bridgehead atoms. The zero-order chi connectivity index (χ0) is 10.3. The van der Waals surface area contributed by atoms with Crippen molar-refractivity contribution in [2.24, 2.45) is 0 Å². The zero-order valence-electron chi connectivity index (χ0n) is 7.23. The van der Waals surface area contributed by atoms with Crippen LogP contribution in [0.1, 0.15) is 20.7 Å². The minimum atomic E-state index is -0.356. The van der Waals surface area contributed by atoms with Crippen molar-refractivity contribution in [2.45, 2.75) is 0 Å². The van der Waals surface area contributed by atoms with Crippen molar-refractivity contribution in [3.63, 3.8) is 0 Å². The molecule has 0 spiro atoms. The highest BCUT2D eigenvalue weighted by molar-refractivity contribution is 7.84. The van der Waals surface area contributed by atoms with E-state index in [4.69, 9.17) is 0 Å². The Hall–Kier alpha value is -1.55. The lowest BCUT2D eigenvalue weighted by Crippen LogP contribution is -2.26. The second-order valence-electron chi connectivity index (χ2n) is 2.91. The van der Waals surface area contributed by atoms with Gasteiger partial charge in [-0.05, 0) is 12.1 Å². The van der Waals surface area contributed by atoms with Crippen molar-refractivity contribution in [3.8, 4) is 0 Å². The summed E-state index contributed by atoms with van der Waals surface area (Å²) in [6, 6.07) is 6.67. The molecule has 1 aliphatic rings. The van der Waals surface area contributed by atoms with Gasteiger partial charge in [0.25, 0.3) is 11.8 Å². The van der Waals surface area contributed by atoms with Crippen molar-refractivity contribution in [2.75, 3.05) is 0 Å². The molecule has 1 aromatic carbocycles. The third-order valence-electron chi connectivity index (χ3n) is 2.05. The Morgan fingerprint density at radius 2 is 1.57 bits per heavy atom. The molecule has 1 aromatic rings. The number of amides is 2. The van der Waals surface area contributed by atoms with E-state index in [0.717, 1.165) is 4.90 Å². The van der Waals surface area contributed by atoms with E-state index >= 15 is 0 Å². The first-order valence-corrected chi connectivity index (χ1v) is 4.43. The molecule has 14 heavy (non-hydrogen) atoms. The Morgan fingerprint density at radius 3 is 1.93 bits per heavy atom. The zero-order valence-corrected chi connectivity index (χ0v) is 8.12. The maximum Gasteiger partial charge on any atom is 0.266 e. The SMILES string of the molecule is C=C(S)N1C(=O)c2ccccc2C1=O. The fraction of sp³-hybridized carbons (Fsp3) is 0. The van der Waals surface area contributed by atoms with Gasteiger partial charge in [-0.3, -0.25) is 9.59 Å². The summed E-state index contributed by atoms with van der Waals surface area (Å²) in [6.07, 6.45) is 0. The van der Waals surface area contributed by atoms with Gasteiger partial charge in [-0.2, -0.15) is 0 Å². The first kappa shape index (κ1) is 9.02. The van der Waals surface area contributed by atoms with E-state index in [1.165, 1.54) is 0 Å². The van der Waals surface area contributed by atoms with Crippen LogP contribution in [0.15, 0.2) is 35.9 Å². The lowest BCUT2D eigenvalue weighted by molar-refractivity contribution is 0.0717. The molecular weight excluding hydrogens is 198 g/mol. The van der Waals surface area contributed by atoms with Gasteiger partial charge in [-0.1, -0.05) is 18.7 Å². The average Bonchev–Trinajstić information content (AvgIpc) is 2.41. The van der Waals surface area contributed by atoms with Crippen LogP contribution in [0.2, 0.25) is 0 Å². The predicted octanol–water partition coefficient (Wildman–Crippen LogP) is 1.68. The number of rotatable bonds is 1. The van der Waals surface area contributed by atoms with Gasteiger partial charge in [0, 0.05) is 0 Å². The minimum Gasteiger partial charge on any atom is -0.268 e. The molecule has 0 unspecified atom stereocenters. The van der Waals surface area contributed by atoms with Gasteiger partial charge in [-0.25, -0.2) is 4.90 Å². The highest BCUT2D eigenvalue weighted by Gasteiger charge is 2.35. The van der Waals surface area contributed by atoms with Crippen LogP contribution < -0.4 is 0 Å². The standard InChI is InChI=1S/C10H7NO2S/c1-6(14)11-9(12)7-4-2-3-5-8(7)10(11)13/h2-5,14H,1H2. The van der Waals surface area contributed by atoms with Gasteiger partial charge in [0.2, 0.25) is 0 Å². The Labute approximate surface area is 86.4 Å². The molecule has 0 saturated heterocycles. The van der Waals surface area contributed by atoms with Crippen molar-refractivity contribution < 1.29 is 9.59 Å². The lowest BCUT2D eigenvalue weighted by atomic mass is 10.1. The molecular formula is C10H7NO2S. The van der Waals surface area contributed by atoms with Crippen molar-refractivity contribution in [1.29, 1.82) is 0 Å². The number of fused-ring (bicyclic) bond motifs is 1. The van der Waals surface area contributed by atoms with E-state index in [9.17, 15) is 9.59 Å². The summed E-state index contributed by atoms with van der Waals surface area (Å²) in [5.41, 5.74) is 0.820. The molecule has 0 aromatic heterocycles. The van der Waals surface area contributed by atoms with Crippen molar-refractivity contribution in [1.82, 2.24) is 4.90 Å². The monoisotopic (exact) mass is 205 g/mol. The average molecular weight is 205 g/mol. The molecule has 70 valence electrons. The quantitative estimate of drug-likeness (QED) is 0.559. The number of thiol groups is 1. The number of hydrogen-bond acceptors (Lipinski definition) is 3. The summed E-state index contributed by atoms with van der Waals surface area (Å²) >= 11 is 3.91. The van der Waals surface area contributed by atoms with Gasteiger partial charge >= 0.3 is 0 Å². The van der Waals surface area contributed by atoms with Crippen LogP contribution in [0.3, 0.4) is 0 Å². The van der Waals surface area contributed by atoms with Crippen LogP contribution in [0.4, 0.5) is 0 Å². The Bertz CT molecular complexity index is 418. The van der Waals surface area contributed by atoms with Gasteiger partial charge in [-0.15, -0.1) is 12.6 Å². The summed E-state index contributed by atoms with van der Waals surface area (Å²) in [5.74, 6) is -0.712. The van der Waals surface area contributed by atoms with Gasteiger partial charge in [0.05, 0.1) is 16.2 Å². The fourth-order valence-corrected chi connectivity index (χ4v) is 1.61. The number of hydrogen-bond donors (Lipinski definition) is 1. The number of imide groups is 1. The topological polar surface area (TPSA) is 37.4 Å². The maximum absolute atomic E-state index is 11.6. The van der Waals surface area contributed by atoms with E-state index in [2.05, 4.69) is 19.2 Å². The number of carbonyl (C=O) groups is 2. The molecule has 2 rings (SSSR count). The summed E-state index contributed by atoms with van der Waals surface area (Å²) < 4.78 is 0. The molecule has 1 aliphatic heterocycles. The Balaban J connectivity index is 2.59. The molecule has 4 heteroatoms. The van der Waals surface area contributed by atoms with Crippen LogP contribution in [0.25, 0.3) is 0 Å². The third kappa shape index (κ3) is 1.08. The van der Waals surface area contributed by atoms with Crippen LogP contribution in [-0.4, -0.2) is 16.7 Å². The lowest BCUT2D eigenvalue weighted by Gasteiger charge is -2.10. The Morgan fingerprint density at radius 1 is 1.14 bits per heavy atom. The predicted molar refractivity (Wildman–Crippen MR) is 55.1 cm³/mol. The normalized spacial score (nSPS) is 14.5. The van der Waals surface area contributed by atoms with Crippen LogP contribution in [-0.2, 0) is 0 Å². The number of benzene rings is 1. The smallest absolute Gasteiger partial charge is 0.266 e. The summed E-state index contributed by atoms with van der Waals surface area (Å²) in [7, 11) is 0. The van der Waals surface area contributed by atoms with Crippen molar-refractivity contribution in [3.05, 3.63) is 47.0 Å². The summed E-state index contributed by atoms with van der Waals surface area (Å²) in [4.78, 5) is 24.3. The molecule has 0 atom stereocenters. The second-order valence-corrected chi connectivity index (χ2v) is 3.42. The number of nitrogens with zero attached hydrogens (tertiary/aromatic N) is 1. The summed E-state index contributed by atoms with van der Waals surface area (Å²) in [5, 5.41) is 0.149. The largest absolute Gasteiger partial charge is 0.268 e. The van der Waals surface area contributed by atoms with E-state index < -0.39 is 0 Å². The molecule has 0 saturated carbocycles. The maximum atomic E-state index is 11.6. The Kier molecular flexibility index (Phi) is 1.93. The molecule has 2 amide bonds. The molecule has 0 N–H and O–H groups in total. The first-order chi connectivity index (χ1) is 6.63. The van der Waals surface area contributed by atoms with E-state index in [1.54, 1.807) is 24.3 Å². The number of carbonyl (C=O) groups excluding carboxylic acids is 2. The van der Waals surface area contributed by atoms with Crippen LogP contribution in [0, 0.1) is 0 Å². The molecule has 0 aliphatic carbocycles. The van der Waals surface area contributed by atoms with Gasteiger partial charge in [0.15, 0.2) is 0 Å². The fourth-order valence-electron chi connectivity index (χ4n) is 1.42. The molecule has 1 heterocycles. The van der Waals surface area contributed by atoms with Crippen LogP contribution in [0.5, 0.6) is 0 Å². The van der Waals surface area contributed by atoms with Gasteiger partial charge in [0.1, 0.15) is 0 Å². The highest BCUT2D eigenvalue weighted by atomic mass is 32.1. The molecule has 0 radical (unpaired) electrons. The van der Waals surface area contributed by atoms with Crippen LogP contribution >= 0.6 is 12.6 Å². The molecule has 0 fully saturated rings.